The van der Waals surface area contributed by atoms with Gasteiger partial charge in [-0.15, -0.1) is 0 Å². The van der Waals surface area contributed by atoms with Crippen LogP contribution < -0.4 is 10.1 Å². The molecule has 1 aromatic heterocycles. The van der Waals surface area contributed by atoms with E-state index in [0.717, 1.165) is 94.3 Å². The molecule has 54 heavy (non-hydrogen) atoms. The lowest BCUT2D eigenvalue weighted by Crippen LogP contribution is -2.35. The van der Waals surface area contributed by atoms with Crippen LogP contribution in [0.25, 0.3) is 28.7 Å². The Hall–Kier alpha value is -5.49. The number of piperidine rings is 1. The van der Waals surface area contributed by atoms with Gasteiger partial charge in [0.2, 0.25) is 0 Å². The highest BCUT2D eigenvalue weighted by Gasteiger charge is 2.25. The summed E-state index contributed by atoms with van der Waals surface area (Å²) in [6.45, 7) is 22.2. The Kier molecular flexibility index (Phi) is 12.1. The number of aliphatic carboxylic acids is 1. The van der Waals surface area contributed by atoms with Crippen LogP contribution in [0.3, 0.4) is 0 Å². The first-order valence-electron chi connectivity index (χ1n) is 18.9. The Balaban J connectivity index is 1.19. The normalized spacial score (nSPS) is 15.3. The number of hydrogen-bond donors (Lipinski definition) is 2. The number of allylic oxidation sites excluding steroid dienone is 1. The van der Waals surface area contributed by atoms with E-state index in [1.54, 1.807) is 0 Å². The molecular weight excluding hydrogens is 671 g/mol. The van der Waals surface area contributed by atoms with Crippen LogP contribution in [-0.2, 0) is 17.9 Å². The Labute approximate surface area is 320 Å². The van der Waals surface area contributed by atoms with Crippen molar-refractivity contribution in [2.45, 2.75) is 66.5 Å². The first kappa shape index (κ1) is 38.2. The van der Waals surface area contributed by atoms with Gasteiger partial charge in [-0.05, 0) is 137 Å². The first-order valence-corrected chi connectivity index (χ1v) is 18.9. The Morgan fingerprint density at radius 3 is 2.31 bits per heavy atom. The summed E-state index contributed by atoms with van der Waals surface area (Å²) in [7, 11) is 0. The quantitative estimate of drug-likeness (QED) is 0.132. The number of aromatic nitrogens is 1. The van der Waals surface area contributed by atoms with Gasteiger partial charge in [-0.2, -0.15) is 5.26 Å². The van der Waals surface area contributed by atoms with Crippen molar-refractivity contribution in [3.05, 3.63) is 130 Å². The smallest absolute Gasteiger partial charge is 0.306 e. The summed E-state index contributed by atoms with van der Waals surface area (Å²) < 4.78 is 6.41. The number of anilines is 1. The number of nitrogens with one attached hydrogen (secondary N) is 1. The third-order valence-corrected chi connectivity index (χ3v) is 10.8. The maximum atomic E-state index is 11.4. The number of carbonyl (C=O) groups is 1. The van der Waals surface area contributed by atoms with E-state index in [-0.39, 0.29) is 5.92 Å². The van der Waals surface area contributed by atoms with Gasteiger partial charge in [0.1, 0.15) is 17.6 Å². The molecule has 278 valence electrons. The van der Waals surface area contributed by atoms with Crippen molar-refractivity contribution in [1.82, 2.24) is 14.8 Å². The van der Waals surface area contributed by atoms with E-state index in [1.165, 1.54) is 18.4 Å². The van der Waals surface area contributed by atoms with Gasteiger partial charge in [0, 0.05) is 36.1 Å². The molecule has 0 unspecified atom stereocenters. The number of aryl methyl sites for hydroxylation is 1. The van der Waals surface area contributed by atoms with Crippen LogP contribution in [0, 0.1) is 38.0 Å². The predicted octanol–water partition coefficient (Wildman–Crippen LogP) is 9.60. The molecule has 0 saturated carbocycles. The van der Waals surface area contributed by atoms with E-state index < -0.39 is 5.97 Å². The van der Waals surface area contributed by atoms with Gasteiger partial charge < -0.3 is 15.2 Å². The third-order valence-electron chi connectivity index (χ3n) is 10.8. The highest BCUT2D eigenvalue weighted by molar-refractivity contribution is 5.85. The summed E-state index contributed by atoms with van der Waals surface area (Å²) in [4.78, 5) is 21.0. The zero-order chi connectivity index (χ0) is 38.4. The van der Waals surface area contributed by atoms with Gasteiger partial charge in [-0.3, -0.25) is 19.6 Å². The highest BCUT2D eigenvalue weighted by atomic mass is 16.5. The maximum absolute atomic E-state index is 11.4. The fourth-order valence-electron chi connectivity index (χ4n) is 7.82. The van der Waals surface area contributed by atoms with Crippen LogP contribution in [-0.4, -0.2) is 52.0 Å². The van der Waals surface area contributed by atoms with Crippen LogP contribution >= 0.6 is 0 Å². The largest absolute Gasteiger partial charge is 0.481 e. The number of hydrogen-bond acceptors (Lipinski definition) is 7. The molecule has 6 rings (SSSR count). The number of nitriles is 1. The minimum Gasteiger partial charge on any atom is -0.481 e. The number of pyridine rings is 1. The number of nitrogens with zero attached hydrogens (tertiary/aromatic N) is 4. The number of carboxylic acid groups (broad SMARTS) is 1. The molecule has 2 aliphatic heterocycles. The van der Waals surface area contributed by atoms with Gasteiger partial charge in [0.05, 0.1) is 22.9 Å². The molecule has 3 aromatic carbocycles. The number of ether oxygens (including phenoxy) is 1. The SMILES string of the molecule is C=C(Oc1c(C)cc(CN2CCC(C(=O)O)CC2)cc1C#N)c1cccc(-c2cccc(NC(=C)c3ncc(CN4CCCC4)cc3/C=C\C)c2C)c1C. The first-order chi connectivity index (χ1) is 26.1. The second-order valence-electron chi connectivity index (χ2n) is 14.6. The van der Waals surface area contributed by atoms with Crippen molar-refractivity contribution in [2.24, 2.45) is 5.92 Å². The molecule has 3 heterocycles. The second kappa shape index (κ2) is 17.1. The average Bonchev–Trinajstić information content (AvgIpc) is 3.67. The van der Waals surface area contributed by atoms with E-state index in [1.807, 2.05) is 56.5 Å². The molecule has 0 amide bonds. The zero-order valence-electron chi connectivity index (χ0n) is 32.0. The molecule has 8 heteroatoms. The van der Waals surface area contributed by atoms with Gasteiger partial charge >= 0.3 is 5.97 Å². The van der Waals surface area contributed by atoms with E-state index >= 15 is 0 Å². The van der Waals surface area contributed by atoms with Gasteiger partial charge in [-0.25, -0.2) is 0 Å². The van der Waals surface area contributed by atoms with E-state index in [4.69, 9.17) is 9.72 Å². The molecule has 0 spiro atoms. The molecule has 0 atom stereocenters. The molecule has 4 aromatic rings. The molecule has 2 aliphatic rings. The van der Waals surface area contributed by atoms with Crippen molar-refractivity contribution in [3.8, 4) is 22.9 Å². The van der Waals surface area contributed by atoms with Crippen molar-refractivity contribution in [3.63, 3.8) is 0 Å². The molecule has 2 N–H and O–H groups in total. The fraction of sp³-hybridized carbons (Fsp3) is 0.326. The highest BCUT2D eigenvalue weighted by Crippen LogP contribution is 2.37. The second-order valence-corrected chi connectivity index (χ2v) is 14.6. The minimum absolute atomic E-state index is 0.280. The molecule has 2 fully saturated rings. The number of carboxylic acids is 1. The third kappa shape index (κ3) is 8.65. The predicted molar refractivity (Wildman–Crippen MR) is 219 cm³/mol. The van der Waals surface area contributed by atoms with E-state index in [2.05, 4.69) is 78.5 Å². The molecular formula is C46H51N5O3. The molecule has 0 bridgehead atoms. The van der Waals surface area contributed by atoms with Crippen molar-refractivity contribution >= 4 is 29.2 Å². The molecule has 0 aliphatic carbocycles. The lowest BCUT2D eigenvalue weighted by Gasteiger charge is -2.30. The zero-order valence-corrected chi connectivity index (χ0v) is 32.0. The van der Waals surface area contributed by atoms with Gasteiger partial charge in [0.25, 0.3) is 0 Å². The fourth-order valence-corrected chi connectivity index (χ4v) is 7.82. The van der Waals surface area contributed by atoms with E-state index in [9.17, 15) is 15.2 Å². The van der Waals surface area contributed by atoms with Crippen LogP contribution in [0.15, 0.2) is 80.0 Å². The summed E-state index contributed by atoms with van der Waals surface area (Å²) in [5.41, 5.74) is 12.2. The van der Waals surface area contributed by atoms with Crippen molar-refractivity contribution < 1.29 is 14.6 Å². The van der Waals surface area contributed by atoms with Crippen LogP contribution in [0.1, 0.15) is 82.8 Å². The summed E-state index contributed by atoms with van der Waals surface area (Å²) in [6.07, 6.45) is 9.91. The summed E-state index contributed by atoms with van der Waals surface area (Å²) in [5.74, 6) is -0.0356. The van der Waals surface area contributed by atoms with Crippen LogP contribution in [0.4, 0.5) is 5.69 Å². The standard InChI is InChI=1S/C46H51N5O3/c1-7-12-38-25-36(29-50-19-8-9-20-50)27-48-44(38)33(5)49-43-16-11-15-42(32(43)4)41-14-10-13-40(31(41)3)34(6)54-45-30(2)23-35(24-39(45)26-47)28-51-21-17-37(18-22-51)46(52)53/h7,10-16,23-25,27,37,49H,5-6,8-9,17-22,28-29H2,1-4H3,(H,52,53)/b12-7-. The lowest BCUT2D eigenvalue weighted by atomic mass is 9.92. The topological polar surface area (TPSA) is 102 Å². The minimum atomic E-state index is -0.719. The molecule has 2 saturated heterocycles. The van der Waals surface area contributed by atoms with Crippen LogP contribution in [0.2, 0.25) is 0 Å². The number of benzene rings is 3. The van der Waals surface area contributed by atoms with Crippen LogP contribution in [0.5, 0.6) is 5.75 Å². The molecule has 8 nitrogen and oxygen atoms in total. The van der Waals surface area contributed by atoms with Crippen molar-refractivity contribution in [1.29, 1.82) is 5.26 Å². The Morgan fingerprint density at radius 2 is 1.63 bits per heavy atom. The number of rotatable bonds is 13. The average molecular weight is 722 g/mol. The summed E-state index contributed by atoms with van der Waals surface area (Å²) >= 11 is 0. The lowest BCUT2D eigenvalue weighted by molar-refractivity contribution is -0.143. The summed E-state index contributed by atoms with van der Waals surface area (Å²) in [5, 5.41) is 23.1. The Morgan fingerprint density at radius 1 is 0.963 bits per heavy atom. The van der Waals surface area contributed by atoms with Gasteiger partial charge in [0.15, 0.2) is 0 Å². The van der Waals surface area contributed by atoms with Crippen molar-refractivity contribution in [2.75, 3.05) is 31.5 Å². The Bertz CT molecular complexity index is 2130. The number of likely N-dealkylation sites (tertiary alicyclic amines) is 2. The van der Waals surface area contributed by atoms with Gasteiger partial charge in [-0.1, -0.05) is 61.7 Å². The van der Waals surface area contributed by atoms with E-state index in [0.29, 0.717) is 36.5 Å². The monoisotopic (exact) mass is 721 g/mol. The maximum Gasteiger partial charge on any atom is 0.306 e. The molecule has 0 radical (unpaired) electrons. The summed E-state index contributed by atoms with van der Waals surface area (Å²) in [6, 6.07) is 20.8.